The summed E-state index contributed by atoms with van der Waals surface area (Å²) >= 11 is 12.2. The lowest BCUT2D eigenvalue weighted by atomic mass is 9.94. The second-order valence-corrected chi connectivity index (χ2v) is 6.64. The van der Waals surface area contributed by atoms with Gasteiger partial charge in [-0.05, 0) is 29.7 Å². The molecule has 0 bridgehead atoms. The Morgan fingerprint density at radius 3 is 2.50 bits per heavy atom. The number of benzene rings is 2. The highest BCUT2D eigenvalue weighted by Gasteiger charge is 2.46. The van der Waals surface area contributed by atoms with Crippen LogP contribution in [0.3, 0.4) is 0 Å². The summed E-state index contributed by atoms with van der Waals surface area (Å²) in [6, 6.07) is 14.0. The van der Waals surface area contributed by atoms with Crippen LogP contribution in [0, 0.1) is 0 Å². The van der Waals surface area contributed by atoms with Gasteiger partial charge in [-0.25, -0.2) is 4.79 Å². The molecule has 136 valence electrons. The van der Waals surface area contributed by atoms with Crippen LogP contribution in [0.5, 0.6) is 0 Å². The molecule has 0 saturated carbocycles. The van der Waals surface area contributed by atoms with Gasteiger partial charge in [-0.1, -0.05) is 54.1 Å². The van der Waals surface area contributed by atoms with Crippen LogP contribution in [0.1, 0.15) is 29.7 Å². The number of nitrogens with one attached hydrogen (secondary N) is 1. The number of amides is 1. The van der Waals surface area contributed by atoms with E-state index < -0.39 is 17.8 Å². The molecular formula is C19H18Cl2N2O3. The molecule has 1 heterocycles. The van der Waals surface area contributed by atoms with Gasteiger partial charge in [0.2, 0.25) is 0 Å². The number of carboxylic acid groups (broad SMARTS) is 1. The second kappa shape index (κ2) is 7.58. The molecule has 0 spiro atoms. The van der Waals surface area contributed by atoms with Crippen LogP contribution in [0.15, 0.2) is 60.9 Å². The van der Waals surface area contributed by atoms with E-state index in [9.17, 15) is 9.90 Å². The number of hydroxylamine groups is 1. The summed E-state index contributed by atoms with van der Waals surface area (Å²) in [5, 5.41) is 10.5. The number of hydrogen-bond acceptors (Lipinski definition) is 3. The van der Waals surface area contributed by atoms with Crippen molar-refractivity contribution in [2.45, 2.75) is 24.5 Å². The summed E-state index contributed by atoms with van der Waals surface area (Å²) in [6.07, 6.45) is 2.00. The number of hydrogen-bond donors (Lipinski definition) is 2. The van der Waals surface area contributed by atoms with E-state index >= 15 is 0 Å². The van der Waals surface area contributed by atoms with Crippen LogP contribution < -0.4 is 5.48 Å². The first-order chi connectivity index (χ1) is 12.5. The largest absolute Gasteiger partial charge is 0.465 e. The third kappa shape index (κ3) is 3.26. The maximum atomic E-state index is 12.2. The van der Waals surface area contributed by atoms with Crippen molar-refractivity contribution < 1.29 is 14.7 Å². The molecule has 0 fully saturated rings. The SMILES string of the molecule is CC(c1ccccc1Cl)N(C(=O)O)C1(c2ccc(CCl)cc2)C=CON1. The van der Waals surface area contributed by atoms with Crippen molar-refractivity contribution >= 4 is 29.3 Å². The minimum atomic E-state index is -1.19. The Bertz CT molecular complexity index is 826. The van der Waals surface area contributed by atoms with Crippen molar-refractivity contribution in [3.05, 3.63) is 82.6 Å². The van der Waals surface area contributed by atoms with Crippen LogP contribution in [-0.4, -0.2) is 16.1 Å². The molecule has 0 radical (unpaired) electrons. The summed E-state index contributed by atoms with van der Waals surface area (Å²) < 4.78 is 0. The number of alkyl halides is 1. The summed E-state index contributed by atoms with van der Waals surface area (Å²) in [5.74, 6) is 0.381. The van der Waals surface area contributed by atoms with Crippen molar-refractivity contribution in [3.63, 3.8) is 0 Å². The lowest BCUT2D eigenvalue weighted by Gasteiger charge is -2.41. The molecule has 0 saturated heterocycles. The third-order valence-corrected chi connectivity index (χ3v) is 5.12. The molecular weight excluding hydrogens is 375 g/mol. The van der Waals surface area contributed by atoms with Gasteiger partial charge < -0.3 is 9.94 Å². The topological polar surface area (TPSA) is 61.8 Å². The molecule has 2 unspecified atom stereocenters. The zero-order valence-electron chi connectivity index (χ0n) is 14.0. The standard InChI is InChI=1S/C19H18Cl2N2O3/c1-13(16-4-2-3-5-17(16)21)23(18(24)25)19(10-11-26-22-19)15-8-6-14(12-20)7-9-15/h2-11,13,22H,12H2,1H3,(H,24,25). The van der Waals surface area contributed by atoms with Crippen molar-refractivity contribution in [2.24, 2.45) is 0 Å². The first kappa shape index (κ1) is 18.6. The summed E-state index contributed by atoms with van der Waals surface area (Å²) in [6.45, 7) is 1.79. The quantitative estimate of drug-likeness (QED) is 0.701. The Balaban J connectivity index is 2.09. The van der Waals surface area contributed by atoms with Crippen molar-refractivity contribution in [2.75, 3.05) is 0 Å². The fraction of sp³-hybridized carbons (Fsp3) is 0.211. The molecule has 1 amide bonds. The minimum Gasteiger partial charge on any atom is -0.465 e. The molecule has 2 aromatic carbocycles. The molecule has 0 aliphatic carbocycles. The van der Waals surface area contributed by atoms with Crippen LogP contribution in [0.4, 0.5) is 4.79 Å². The fourth-order valence-corrected chi connectivity index (χ4v) is 3.61. The van der Waals surface area contributed by atoms with Crippen molar-refractivity contribution in [1.29, 1.82) is 0 Å². The van der Waals surface area contributed by atoms with Gasteiger partial charge in [0.15, 0.2) is 5.66 Å². The van der Waals surface area contributed by atoms with Crippen molar-refractivity contribution in [1.82, 2.24) is 10.4 Å². The van der Waals surface area contributed by atoms with E-state index in [0.717, 1.165) is 5.56 Å². The Morgan fingerprint density at radius 2 is 1.96 bits per heavy atom. The molecule has 5 nitrogen and oxygen atoms in total. The van der Waals surface area contributed by atoms with E-state index in [1.165, 1.54) is 11.2 Å². The summed E-state index contributed by atoms with van der Waals surface area (Å²) in [4.78, 5) is 18.8. The number of halogens is 2. The average Bonchev–Trinajstić information content (AvgIpc) is 3.12. The molecule has 3 rings (SSSR count). The predicted molar refractivity (Wildman–Crippen MR) is 101 cm³/mol. The van der Waals surface area contributed by atoms with E-state index in [1.54, 1.807) is 25.1 Å². The van der Waals surface area contributed by atoms with Gasteiger partial charge >= 0.3 is 6.09 Å². The lowest BCUT2D eigenvalue weighted by molar-refractivity contribution is -0.0152. The van der Waals surface area contributed by atoms with Crippen LogP contribution in [0.25, 0.3) is 0 Å². The van der Waals surface area contributed by atoms with Gasteiger partial charge in [0.05, 0.1) is 6.04 Å². The van der Waals surface area contributed by atoms with Gasteiger partial charge in [0.1, 0.15) is 6.26 Å². The van der Waals surface area contributed by atoms with E-state index in [1.807, 2.05) is 36.4 Å². The Kier molecular flexibility index (Phi) is 5.41. The molecule has 26 heavy (non-hydrogen) atoms. The van der Waals surface area contributed by atoms with Gasteiger partial charge in [-0.2, -0.15) is 0 Å². The number of rotatable bonds is 5. The zero-order valence-corrected chi connectivity index (χ0v) is 15.5. The van der Waals surface area contributed by atoms with Gasteiger partial charge in [0.25, 0.3) is 0 Å². The monoisotopic (exact) mass is 392 g/mol. The summed E-state index contributed by atoms with van der Waals surface area (Å²) in [5.41, 5.74) is 4.00. The highest BCUT2D eigenvalue weighted by Crippen LogP contribution is 2.39. The predicted octanol–water partition coefficient (Wildman–Crippen LogP) is 5.02. The highest BCUT2D eigenvalue weighted by molar-refractivity contribution is 6.31. The number of carbonyl (C=O) groups is 1. The molecule has 1 aliphatic rings. The Labute approximate surface area is 161 Å². The first-order valence-electron chi connectivity index (χ1n) is 8.02. The molecule has 0 aromatic heterocycles. The maximum Gasteiger partial charge on any atom is 0.409 e. The normalized spacial score (nSPS) is 19.8. The van der Waals surface area contributed by atoms with Crippen LogP contribution >= 0.6 is 23.2 Å². The molecule has 2 atom stereocenters. The number of nitrogens with zero attached hydrogens (tertiary/aromatic N) is 1. The van der Waals surface area contributed by atoms with Gasteiger partial charge in [0, 0.05) is 17.0 Å². The van der Waals surface area contributed by atoms with Crippen LogP contribution in [-0.2, 0) is 16.4 Å². The fourth-order valence-electron chi connectivity index (χ4n) is 3.14. The van der Waals surface area contributed by atoms with Gasteiger partial charge in [-0.3, -0.25) is 4.90 Å². The molecule has 1 aliphatic heterocycles. The second-order valence-electron chi connectivity index (χ2n) is 5.97. The van der Waals surface area contributed by atoms with Crippen LogP contribution in [0.2, 0.25) is 5.02 Å². The Morgan fingerprint density at radius 1 is 1.27 bits per heavy atom. The zero-order chi connectivity index (χ0) is 18.7. The van der Waals surface area contributed by atoms with E-state index in [-0.39, 0.29) is 0 Å². The Hall–Kier alpha value is -2.21. The van der Waals surface area contributed by atoms with E-state index in [0.29, 0.717) is 22.0 Å². The first-order valence-corrected chi connectivity index (χ1v) is 8.93. The molecule has 2 N–H and O–H groups in total. The van der Waals surface area contributed by atoms with Crippen molar-refractivity contribution in [3.8, 4) is 0 Å². The lowest BCUT2D eigenvalue weighted by Crippen LogP contribution is -2.55. The molecule has 7 heteroatoms. The third-order valence-electron chi connectivity index (χ3n) is 4.47. The maximum absolute atomic E-state index is 12.2. The smallest absolute Gasteiger partial charge is 0.409 e. The molecule has 2 aromatic rings. The van der Waals surface area contributed by atoms with E-state index in [4.69, 9.17) is 28.0 Å². The van der Waals surface area contributed by atoms with Gasteiger partial charge in [-0.15, -0.1) is 17.1 Å². The minimum absolute atomic E-state index is 0.381. The summed E-state index contributed by atoms with van der Waals surface area (Å²) in [7, 11) is 0. The highest BCUT2D eigenvalue weighted by atomic mass is 35.5. The van der Waals surface area contributed by atoms with E-state index in [2.05, 4.69) is 5.48 Å². The average molecular weight is 393 g/mol.